The van der Waals surface area contributed by atoms with Crippen molar-refractivity contribution in [3.05, 3.63) is 60.3 Å². The van der Waals surface area contributed by atoms with Crippen LogP contribution in [0.3, 0.4) is 0 Å². The topological polar surface area (TPSA) is 96.0 Å². The molecule has 2 aromatic heterocycles. The van der Waals surface area contributed by atoms with Gasteiger partial charge in [-0.2, -0.15) is 0 Å². The maximum absolute atomic E-state index is 13.1. The molecule has 6 rings (SSSR count). The molecular weight excluding hydrogens is 494 g/mol. The van der Waals surface area contributed by atoms with E-state index >= 15 is 0 Å². The number of pyridine rings is 1. The highest BCUT2D eigenvalue weighted by molar-refractivity contribution is 7.22. The molecule has 0 spiro atoms. The van der Waals surface area contributed by atoms with Gasteiger partial charge in [0.1, 0.15) is 0 Å². The Labute approximate surface area is 226 Å². The monoisotopic (exact) mass is 527 g/mol. The summed E-state index contributed by atoms with van der Waals surface area (Å²) in [6.07, 6.45) is 7.99. The lowest BCUT2D eigenvalue weighted by atomic mass is 9.85. The van der Waals surface area contributed by atoms with Crippen LogP contribution in [0.15, 0.2) is 54.6 Å². The zero-order chi connectivity index (χ0) is 25.9. The van der Waals surface area contributed by atoms with E-state index in [4.69, 9.17) is 4.98 Å². The Kier molecular flexibility index (Phi) is 7.33. The minimum atomic E-state index is -0.0239. The van der Waals surface area contributed by atoms with E-state index in [0.29, 0.717) is 17.7 Å². The third-order valence-corrected chi connectivity index (χ3v) is 8.82. The van der Waals surface area contributed by atoms with Gasteiger partial charge in [-0.1, -0.05) is 54.9 Å². The highest BCUT2D eigenvalue weighted by atomic mass is 32.1. The largest absolute Gasteiger partial charge is 0.326 e. The van der Waals surface area contributed by atoms with E-state index in [0.717, 1.165) is 83.9 Å². The van der Waals surface area contributed by atoms with E-state index in [-0.39, 0.29) is 23.7 Å². The Hall–Kier alpha value is -3.36. The summed E-state index contributed by atoms with van der Waals surface area (Å²) in [5, 5.41) is 11.5. The second-order valence-electron chi connectivity index (χ2n) is 10.6. The van der Waals surface area contributed by atoms with Crippen LogP contribution in [0.4, 0.5) is 10.8 Å². The number of hydrogen-bond donors (Lipinski definition) is 3. The van der Waals surface area contributed by atoms with Crippen LogP contribution in [0, 0.1) is 11.8 Å². The number of rotatable bonds is 7. The smallest absolute Gasteiger partial charge is 0.229 e. The lowest BCUT2D eigenvalue weighted by Gasteiger charge is -2.29. The molecule has 2 saturated carbocycles. The van der Waals surface area contributed by atoms with Gasteiger partial charge in [0.05, 0.1) is 21.4 Å². The molecule has 8 heteroatoms. The van der Waals surface area contributed by atoms with E-state index in [9.17, 15) is 9.59 Å². The van der Waals surface area contributed by atoms with Crippen LogP contribution in [0.1, 0.15) is 57.1 Å². The average Bonchev–Trinajstić information content (AvgIpc) is 3.62. The maximum atomic E-state index is 13.1. The lowest BCUT2D eigenvalue weighted by Crippen LogP contribution is -2.37. The lowest BCUT2D eigenvalue weighted by molar-refractivity contribution is -0.121. The van der Waals surface area contributed by atoms with Gasteiger partial charge in [-0.15, -0.1) is 0 Å². The summed E-state index contributed by atoms with van der Waals surface area (Å²) >= 11 is 1.46. The number of nitrogens with one attached hydrogen (secondary N) is 3. The van der Waals surface area contributed by atoms with Crippen LogP contribution in [-0.2, 0) is 16.1 Å². The first kappa shape index (κ1) is 24.9. The normalized spacial score (nSPS) is 20.1. The van der Waals surface area contributed by atoms with Gasteiger partial charge in [0, 0.05) is 35.5 Å². The van der Waals surface area contributed by atoms with Gasteiger partial charge in [0.25, 0.3) is 0 Å². The van der Waals surface area contributed by atoms with Gasteiger partial charge in [-0.05, 0) is 62.4 Å². The molecule has 2 fully saturated rings. The van der Waals surface area contributed by atoms with E-state index in [1.165, 1.54) is 11.3 Å². The maximum Gasteiger partial charge on any atom is 0.229 e. The SMILES string of the molecule is O=C(Nc1ccc2nc(NC(=O)C3CCCC3)sc2c1)C1CCCC(NCc2ccc3ccccc3n2)C1. The molecule has 0 aliphatic heterocycles. The van der Waals surface area contributed by atoms with Crippen molar-refractivity contribution in [2.24, 2.45) is 11.8 Å². The Bertz CT molecular complexity index is 1460. The van der Waals surface area contributed by atoms with E-state index in [1.807, 2.05) is 36.4 Å². The Morgan fingerprint density at radius 2 is 1.63 bits per heavy atom. The summed E-state index contributed by atoms with van der Waals surface area (Å²) in [6, 6.07) is 18.4. The molecule has 0 radical (unpaired) electrons. The van der Waals surface area contributed by atoms with Crippen LogP contribution in [-0.4, -0.2) is 27.8 Å². The average molecular weight is 528 g/mol. The molecule has 4 aromatic rings. The number of benzene rings is 2. The number of anilines is 2. The molecular formula is C30H33N5O2S. The fourth-order valence-electron chi connectivity index (χ4n) is 5.76. The Morgan fingerprint density at radius 1 is 0.816 bits per heavy atom. The van der Waals surface area contributed by atoms with Gasteiger partial charge in [-0.3, -0.25) is 14.6 Å². The van der Waals surface area contributed by atoms with Crippen LogP contribution in [0.2, 0.25) is 0 Å². The predicted molar refractivity (Wildman–Crippen MR) is 153 cm³/mol. The molecule has 2 aromatic carbocycles. The molecule has 38 heavy (non-hydrogen) atoms. The summed E-state index contributed by atoms with van der Waals surface area (Å²) in [5.74, 6) is 0.227. The molecule has 7 nitrogen and oxygen atoms in total. The molecule has 3 N–H and O–H groups in total. The number of carbonyl (C=O) groups is 2. The van der Waals surface area contributed by atoms with Crippen molar-refractivity contribution in [2.75, 3.05) is 10.6 Å². The van der Waals surface area contributed by atoms with Crippen molar-refractivity contribution in [1.29, 1.82) is 0 Å². The highest BCUT2D eigenvalue weighted by Gasteiger charge is 2.27. The zero-order valence-electron chi connectivity index (χ0n) is 21.4. The van der Waals surface area contributed by atoms with Gasteiger partial charge in [0.15, 0.2) is 5.13 Å². The Morgan fingerprint density at radius 3 is 2.53 bits per heavy atom. The second kappa shape index (κ2) is 11.2. The fourth-order valence-corrected chi connectivity index (χ4v) is 6.67. The van der Waals surface area contributed by atoms with Crippen molar-refractivity contribution < 1.29 is 9.59 Å². The highest BCUT2D eigenvalue weighted by Crippen LogP contribution is 2.32. The number of nitrogens with zero attached hydrogens (tertiary/aromatic N) is 2. The van der Waals surface area contributed by atoms with Gasteiger partial charge in [-0.25, -0.2) is 4.98 Å². The summed E-state index contributed by atoms with van der Waals surface area (Å²) in [7, 11) is 0. The number of fused-ring (bicyclic) bond motifs is 2. The van der Waals surface area contributed by atoms with Gasteiger partial charge in [0.2, 0.25) is 11.8 Å². The van der Waals surface area contributed by atoms with Crippen molar-refractivity contribution >= 4 is 55.1 Å². The summed E-state index contributed by atoms with van der Waals surface area (Å²) in [4.78, 5) is 35.0. The molecule has 2 heterocycles. The summed E-state index contributed by atoms with van der Waals surface area (Å²) in [6.45, 7) is 0.700. The van der Waals surface area contributed by atoms with Crippen molar-refractivity contribution in [2.45, 2.75) is 64.0 Å². The molecule has 2 atom stereocenters. The van der Waals surface area contributed by atoms with E-state index in [2.05, 4.69) is 39.1 Å². The number of aromatic nitrogens is 2. The second-order valence-corrected chi connectivity index (χ2v) is 11.6. The predicted octanol–water partition coefficient (Wildman–Crippen LogP) is 6.26. The molecule has 0 saturated heterocycles. The molecule has 2 aliphatic rings. The minimum absolute atomic E-state index is 0.0239. The zero-order valence-corrected chi connectivity index (χ0v) is 22.2. The van der Waals surface area contributed by atoms with E-state index < -0.39 is 0 Å². The number of hydrogen-bond acceptors (Lipinski definition) is 6. The first-order chi connectivity index (χ1) is 18.6. The first-order valence-corrected chi connectivity index (χ1v) is 14.5. The molecule has 196 valence electrons. The molecule has 0 bridgehead atoms. The molecule has 2 aliphatic carbocycles. The van der Waals surface area contributed by atoms with Crippen molar-refractivity contribution in [3.63, 3.8) is 0 Å². The van der Waals surface area contributed by atoms with Crippen molar-refractivity contribution in [3.8, 4) is 0 Å². The quantitative estimate of drug-likeness (QED) is 0.264. The summed E-state index contributed by atoms with van der Waals surface area (Å²) < 4.78 is 0.954. The van der Waals surface area contributed by atoms with E-state index in [1.54, 1.807) is 0 Å². The standard InChI is InChI=1S/C30H33N5O2S/c36-28(20-7-1-2-8-20)35-30-34-26-15-14-23(17-27(26)38-30)33-29(37)21-9-5-10-22(16-21)31-18-24-13-12-19-6-3-4-11-25(19)32-24/h3-4,6,11-15,17,20-22,31H,1-2,5,7-10,16,18H2,(H,33,37)(H,34,35,36). The summed E-state index contributed by atoms with van der Waals surface area (Å²) in [5.41, 5.74) is 3.63. The van der Waals surface area contributed by atoms with Crippen LogP contribution in [0.5, 0.6) is 0 Å². The van der Waals surface area contributed by atoms with Crippen LogP contribution < -0.4 is 16.0 Å². The van der Waals surface area contributed by atoms with Gasteiger partial charge < -0.3 is 16.0 Å². The third-order valence-electron chi connectivity index (χ3n) is 7.89. The van der Waals surface area contributed by atoms with Crippen molar-refractivity contribution in [1.82, 2.24) is 15.3 Å². The van der Waals surface area contributed by atoms with Crippen LogP contribution >= 0.6 is 11.3 Å². The van der Waals surface area contributed by atoms with Crippen LogP contribution in [0.25, 0.3) is 21.1 Å². The Balaban J connectivity index is 1.04. The minimum Gasteiger partial charge on any atom is -0.326 e. The fraction of sp³-hybridized carbons (Fsp3) is 0.400. The third kappa shape index (κ3) is 5.71. The first-order valence-electron chi connectivity index (χ1n) is 13.7. The number of carbonyl (C=O) groups excluding carboxylic acids is 2. The molecule has 2 amide bonds. The number of amides is 2. The van der Waals surface area contributed by atoms with Gasteiger partial charge >= 0.3 is 0 Å². The number of thiazole rings is 1. The number of para-hydroxylation sites is 1. The molecule has 2 unspecified atom stereocenters.